The number of ether oxygens (including phenoxy) is 1. The lowest BCUT2D eigenvalue weighted by Gasteiger charge is -2.12. The molecule has 26 heavy (non-hydrogen) atoms. The van der Waals surface area contributed by atoms with Crippen LogP contribution in [0, 0.1) is 0 Å². The van der Waals surface area contributed by atoms with Gasteiger partial charge in [-0.1, -0.05) is 42.5 Å². The molecule has 0 aromatic heterocycles. The highest BCUT2D eigenvalue weighted by Gasteiger charge is 2.14. The summed E-state index contributed by atoms with van der Waals surface area (Å²) in [4.78, 5) is 29.0. The maximum absolute atomic E-state index is 11.9. The topological polar surface area (TPSA) is 76.7 Å². The molecule has 2 aromatic rings. The van der Waals surface area contributed by atoms with Crippen LogP contribution in [0.4, 0.5) is 0 Å². The Morgan fingerprint density at radius 2 is 1.77 bits per heavy atom. The Bertz CT molecular complexity index is 742. The van der Waals surface area contributed by atoms with Crippen LogP contribution in [0.25, 0.3) is 6.08 Å². The minimum absolute atomic E-state index is 0.255. The van der Waals surface area contributed by atoms with Crippen molar-refractivity contribution in [3.05, 3.63) is 71.8 Å². The largest absolute Gasteiger partial charge is 0.497 e. The van der Waals surface area contributed by atoms with E-state index in [4.69, 9.17) is 9.57 Å². The summed E-state index contributed by atoms with van der Waals surface area (Å²) < 4.78 is 5.07. The number of hydroxylamine groups is 1. The van der Waals surface area contributed by atoms with Gasteiger partial charge < -0.3 is 10.1 Å². The van der Waals surface area contributed by atoms with Crippen molar-refractivity contribution >= 4 is 17.9 Å². The van der Waals surface area contributed by atoms with Gasteiger partial charge in [0.2, 0.25) is 5.91 Å². The molecule has 0 bridgehead atoms. The lowest BCUT2D eigenvalue weighted by molar-refractivity contribution is -0.138. The number of hydrogen-bond donors (Lipinski definition) is 2. The molecular weight excluding hydrogens is 332 g/mol. The summed E-state index contributed by atoms with van der Waals surface area (Å²) in [5, 5.41) is 2.58. The first-order valence-electron chi connectivity index (χ1n) is 8.16. The molecule has 2 amide bonds. The quantitative estimate of drug-likeness (QED) is 0.564. The molecular formula is C20H22N2O4. The van der Waals surface area contributed by atoms with Crippen molar-refractivity contribution in [1.82, 2.24) is 10.8 Å². The molecule has 2 rings (SSSR count). The highest BCUT2D eigenvalue weighted by atomic mass is 16.6. The van der Waals surface area contributed by atoms with Gasteiger partial charge in [-0.25, -0.2) is 5.48 Å². The van der Waals surface area contributed by atoms with Crippen molar-refractivity contribution in [3.8, 4) is 5.75 Å². The monoisotopic (exact) mass is 354 g/mol. The first-order chi connectivity index (χ1) is 12.6. The van der Waals surface area contributed by atoms with Gasteiger partial charge in [0, 0.05) is 6.08 Å². The zero-order valence-electron chi connectivity index (χ0n) is 14.8. The summed E-state index contributed by atoms with van der Waals surface area (Å²) in [5.74, 6) is -0.0500. The number of hydrogen-bond acceptors (Lipinski definition) is 4. The van der Waals surface area contributed by atoms with Crippen LogP contribution in [0.15, 0.2) is 60.7 Å². The molecule has 0 heterocycles. The van der Waals surface area contributed by atoms with Gasteiger partial charge in [0.05, 0.1) is 13.7 Å². The highest BCUT2D eigenvalue weighted by molar-refractivity contribution is 5.95. The van der Waals surface area contributed by atoms with Gasteiger partial charge >= 0.3 is 0 Å². The van der Waals surface area contributed by atoms with Gasteiger partial charge in [0.25, 0.3) is 5.91 Å². The molecule has 136 valence electrons. The number of benzene rings is 2. The summed E-state index contributed by atoms with van der Waals surface area (Å²) in [7, 11) is 1.59. The van der Waals surface area contributed by atoms with Gasteiger partial charge in [-0.15, -0.1) is 0 Å². The van der Waals surface area contributed by atoms with Crippen LogP contribution in [-0.2, 0) is 21.0 Å². The summed E-state index contributed by atoms with van der Waals surface area (Å²) in [6.45, 7) is 1.84. The molecule has 2 N–H and O–H groups in total. The predicted octanol–water partition coefficient (Wildman–Crippen LogP) is 2.46. The van der Waals surface area contributed by atoms with Crippen LogP contribution >= 0.6 is 0 Å². The fraction of sp³-hybridized carbons (Fsp3) is 0.200. The van der Waals surface area contributed by atoms with Crippen LogP contribution < -0.4 is 15.5 Å². The fourth-order valence-electron chi connectivity index (χ4n) is 2.07. The molecule has 0 unspecified atom stereocenters. The number of amides is 2. The second-order valence-electron chi connectivity index (χ2n) is 5.58. The van der Waals surface area contributed by atoms with E-state index in [1.54, 1.807) is 32.2 Å². The third kappa shape index (κ3) is 6.41. The summed E-state index contributed by atoms with van der Waals surface area (Å²) >= 11 is 0. The van der Waals surface area contributed by atoms with Crippen molar-refractivity contribution in [2.45, 2.75) is 19.6 Å². The minimum Gasteiger partial charge on any atom is -0.497 e. The Balaban J connectivity index is 1.74. The molecule has 6 heteroatoms. The highest BCUT2D eigenvalue weighted by Crippen LogP contribution is 2.12. The van der Waals surface area contributed by atoms with Gasteiger partial charge in [-0.05, 0) is 36.3 Å². The Morgan fingerprint density at radius 1 is 1.08 bits per heavy atom. The number of carbonyl (C=O) groups is 2. The van der Waals surface area contributed by atoms with Crippen molar-refractivity contribution < 1.29 is 19.2 Å². The van der Waals surface area contributed by atoms with Crippen molar-refractivity contribution in [3.63, 3.8) is 0 Å². The molecule has 2 aromatic carbocycles. The molecule has 0 radical (unpaired) electrons. The minimum atomic E-state index is -0.723. The van der Waals surface area contributed by atoms with E-state index in [2.05, 4.69) is 10.8 Å². The summed E-state index contributed by atoms with van der Waals surface area (Å²) in [6.07, 6.45) is 3.03. The molecule has 0 aliphatic carbocycles. The number of rotatable bonds is 8. The Kier molecular flexibility index (Phi) is 7.39. The average Bonchev–Trinajstić information content (AvgIpc) is 2.67. The predicted molar refractivity (Wildman–Crippen MR) is 99.0 cm³/mol. The van der Waals surface area contributed by atoms with Gasteiger partial charge in [0.15, 0.2) is 0 Å². The molecule has 0 fully saturated rings. The number of nitrogens with one attached hydrogen (secondary N) is 2. The Morgan fingerprint density at radius 3 is 2.42 bits per heavy atom. The molecule has 6 nitrogen and oxygen atoms in total. The SMILES string of the molecule is COc1ccc(/C=C/C(=O)N[C@@H](C)C(=O)NOCc2ccccc2)cc1. The van der Waals surface area contributed by atoms with Gasteiger partial charge in [0.1, 0.15) is 11.8 Å². The molecule has 0 saturated carbocycles. The summed E-state index contributed by atoms with van der Waals surface area (Å²) in [6, 6.07) is 16.0. The van der Waals surface area contributed by atoms with E-state index < -0.39 is 11.9 Å². The Hall–Kier alpha value is -3.12. The number of methoxy groups -OCH3 is 1. The van der Waals surface area contributed by atoms with E-state index >= 15 is 0 Å². The van der Waals surface area contributed by atoms with Crippen LogP contribution in [0.3, 0.4) is 0 Å². The molecule has 0 aliphatic rings. The normalized spacial score (nSPS) is 11.8. The second-order valence-corrected chi connectivity index (χ2v) is 5.58. The van der Waals surface area contributed by atoms with Crippen LogP contribution in [0.5, 0.6) is 5.75 Å². The van der Waals surface area contributed by atoms with Crippen molar-refractivity contribution in [1.29, 1.82) is 0 Å². The zero-order valence-corrected chi connectivity index (χ0v) is 14.8. The smallest absolute Gasteiger partial charge is 0.265 e. The zero-order chi connectivity index (χ0) is 18.8. The lowest BCUT2D eigenvalue weighted by Crippen LogP contribution is -2.44. The first-order valence-corrected chi connectivity index (χ1v) is 8.16. The van der Waals surface area contributed by atoms with Crippen molar-refractivity contribution in [2.75, 3.05) is 7.11 Å². The fourth-order valence-corrected chi connectivity index (χ4v) is 2.07. The first kappa shape index (κ1) is 19.2. The van der Waals surface area contributed by atoms with Crippen molar-refractivity contribution in [2.24, 2.45) is 0 Å². The molecule has 0 saturated heterocycles. The second kappa shape index (κ2) is 10.0. The third-order valence-electron chi connectivity index (χ3n) is 3.55. The van der Waals surface area contributed by atoms with E-state index in [0.717, 1.165) is 16.9 Å². The molecule has 1 atom stereocenters. The lowest BCUT2D eigenvalue weighted by atomic mass is 10.2. The van der Waals surface area contributed by atoms with Crippen LogP contribution in [-0.4, -0.2) is 25.0 Å². The average molecular weight is 354 g/mol. The van der Waals surface area contributed by atoms with E-state index in [1.165, 1.54) is 6.08 Å². The van der Waals surface area contributed by atoms with Crippen LogP contribution in [0.2, 0.25) is 0 Å². The van der Waals surface area contributed by atoms with Gasteiger partial charge in [-0.3, -0.25) is 14.4 Å². The van der Waals surface area contributed by atoms with E-state index in [-0.39, 0.29) is 12.5 Å². The number of carbonyl (C=O) groups excluding carboxylic acids is 2. The van der Waals surface area contributed by atoms with E-state index in [1.807, 2.05) is 42.5 Å². The molecule has 0 spiro atoms. The standard InChI is InChI=1S/C20H22N2O4/c1-15(20(24)22-26-14-17-6-4-3-5-7-17)21-19(23)13-10-16-8-11-18(25-2)12-9-16/h3-13,15H,14H2,1-2H3,(H,21,23)(H,22,24)/b13-10+/t15-/m0/s1. The van der Waals surface area contributed by atoms with E-state index in [9.17, 15) is 9.59 Å². The Labute approximate surface area is 152 Å². The maximum atomic E-state index is 11.9. The van der Waals surface area contributed by atoms with E-state index in [0.29, 0.717) is 0 Å². The maximum Gasteiger partial charge on any atom is 0.265 e. The van der Waals surface area contributed by atoms with Gasteiger partial charge in [-0.2, -0.15) is 0 Å². The molecule has 0 aliphatic heterocycles. The van der Waals surface area contributed by atoms with Crippen LogP contribution in [0.1, 0.15) is 18.1 Å². The summed E-state index contributed by atoms with van der Waals surface area (Å²) in [5.41, 5.74) is 4.12. The third-order valence-corrected chi connectivity index (χ3v) is 3.55.